The summed E-state index contributed by atoms with van der Waals surface area (Å²) in [6, 6.07) is 15.2. The van der Waals surface area contributed by atoms with Crippen LogP contribution < -0.4 is 4.90 Å². The number of nitriles is 1. The third-order valence-electron chi connectivity index (χ3n) is 5.11. The Bertz CT molecular complexity index is 975. The molecule has 1 saturated heterocycles. The smallest absolute Gasteiger partial charge is 0.243 e. The monoisotopic (exact) mass is 383 g/mol. The lowest BCUT2D eigenvalue weighted by atomic mass is 10.1. The molecule has 2 aromatic carbocycles. The van der Waals surface area contributed by atoms with E-state index in [0.29, 0.717) is 36.8 Å². The second-order valence-corrected chi connectivity index (χ2v) is 8.73. The number of hydrogen-bond donors (Lipinski definition) is 0. The van der Waals surface area contributed by atoms with Crippen LogP contribution in [0.5, 0.6) is 0 Å². The van der Waals surface area contributed by atoms with E-state index in [0.717, 1.165) is 36.3 Å². The zero-order chi connectivity index (χ0) is 18.9. The van der Waals surface area contributed by atoms with Gasteiger partial charge in [0.1, 0.15) is 0 Å². The minimum absolute atomic E-state index is 0.364. The predicted octanol–water partition coefficient (Wildman–Crippen LogP) is 2.14. The molecule has 140 valence electrons. The van der Waals surface area contributed by atoms with Gasteiger partial charge in [-0.1, -0.05) is 12.1 Å². The number of nitrogens with zero attached hydrogens (tertiary/aromatic N) is 3. The molecule has 7 heteroatoms. The summed E-state index contributed by atoms with van der Waals surface area (Å²) in [6.45, 7) is 3.31. The topological polar surface area (TPSA) is 73.6 Å². The van der Waals surface area contributed by atoms with Crippen molar-refractivity contribution in [3.8, 4) is 6.07 Å². The van der Waals surface area contributed by atoms with Crippen LogP contribution in [0, 0.1) is 11.3 Å². The molecule has 0 unspecified atom stereocenters. The normalized spacial score (nSPS) is 17.5. The standard InChI is InChI=1S/C20H21N3O3S/c21-14-16-1-3-17(4-2-16)15-22-8-7-18-13-19(5-6-20(18)22)27(24,25)23-9-11-26-12-10-23/h1-6,13H,7-12,15H2. The number of hydrogen-bond acceptors (Lipinski definition) is 5. The van der Waals surface area contributed by atoms with Gasteiger partial charge in [-0.25, -0.2) is 8.42 Å². The van der Waals surface area contributed by atoms with E-state index in [1.807, 2.05) is 36.4 Å². The average Bonchev–Trinajstić information content (AvgIpc) is 3.11. The minimum atomic E-state index is -3.46. The van der Waals surface area contributed by atoms with Crippen molar-refractivity contribution in [3.05, 3.63) is 59.2 Å². The van der Waals surface area contributed by atoms with Gasteiger partial charge in [0, 0.05) is 31.9 Å². The first-order valence-electron chi connectivity index (χ1n) is 9.03. The quantitative estimate of drug-likeness (QED) is 0.809. The van der Waals surface area contributed by atoms with Gasteiger partial charge in [0.25, 0.3) is 0 Å². The number of fused-ring (bicyclic) bond motifs is 1. The molecule has 0 aromatic heterocycles. The van der Waals surface area contributed by atoms with Crippen LogP contribution in [0.15, 0.2) is 47.4 Å². The third-order valence-corrected chi connectivity index (χ3v) is 7.00. The number of sulfonamides is 1. The number of morpholine rings is 1. The Morgan fingerprint density at radius 2 is 1.78 bits per heavy atom. The van der Waals surface area contributed by atoms with Gasteiger partial charge >= 0.3 is 0 Å². The fraction of sp³-hybridized carbons (Fsp3) is 0.350. The van der Waals surface area contributed by atoms with E-state index in [-0.39, 0.29) is 0 Å². The van der Waals surface area contributed by atoms with Crippen molar-refractivity contribution in [3.63, 3.8) is 0 Å². The molecule has 0 N–H and O–H groups in total. The van der Waals surface area contributed by atoms with Crippen LogP contribution in [0.3, 0.4) is 0 Å². The lowest BCUT2D eigenvalue weighted by Crippen LogP contribution is -2.40. The molecule has 0 atom stereocenters. The van der Waals surface area contributed by atoms with E-state index < -0.39 is 10.0 Å². The summed E-state index contributed by atoms with van der Waals surface area (Å²) in [5, 5.41) is 8.91. The summed E-state index contributed by atoms with van der Waals surface area (Å²) >= 11 is 0. The van der Waals surface area contributed by atoms with Crippen LogP contribution >= 0.6 is 0 Å². The largest absolute Gasteiger partial charge is 0.379 e. The molecule has 2 aliphatic rings. The molecule has 27 heavy (non-hydrogen) atoms. The van der Waals surface area contributed by atoms with Gasteiger partial charge in [-0.3, -0.25) is 0 Å². The Hall–Kier alpha value is -2.40. The zero-order valence-electron chi connectivity index (χ0n) is 15.0. The summed E-state index contributed by atoms with van der Waals surface area (Å²) in [5.74, 6) is 0. The lowest BCUT2D eigenvalue weighted by Gasteiger charge is -2.26. The fourth-order valence-corrected chi connectivity index (χ4v) is 5.07. The van der Waals surface area contributed by atoms with Crippen LogP contribution in [0.1, 0.15) is 16.7 Å². The van der Waals surface area contributed by atoms with Crippen molar-refractivity contribution >= 4 is 15.7 Å². The molecule has 1 fully saturated rings. The van der Waals surface area contributed by atoms with Gasteiger partial charge in [-0.15, -0.1) is 0 Å². The Balaban J connectivity index is 1.54. The Morgan fingerprint density at radius 1 is 1.04 bits per heavy atom. The van der Waals surface area contributed by atoms with E-state index in [1.54, 1.807) is 6.07 Å². The molecular formula is C20H21N3O3S. The molecule has 4 rings (SSSR count). The summed E-state index contributed by atoms with van der Waals surface area (Å²) < 4.78 is 32.5. The maximum Gasteiger partial charge on any atom is 0.243 e. The highest BCUT2D eigenvalue weighted by Crippen LogP contribution is 2.32. The molecule has 0 radical (unpaired) electrons. The second-order valence-electron chi connectivity index (χ2n) is 6.79. The molecule has 0 spiro atoms. The molecule has 0 bridgehead atoms. The highest BCUT2D eigenvalue weighted by atomic mass is 32.2. The van der Waals surface area contributed by atoms with Crippen molar-refractivity contribution in [1.29, 1.82) is 5.26 Å². The van der Waals surface area contributed by atoms with Gasteiger partial charge in [0.05, 0.1) is 29.7 Å². The first-order chi connectivity index (χ1) is 13.1. The SMILES string of the molecule is N#Cc1ccc(CN2CCc3cc(S(=O)(=O)N4CCOCC4)ccc32)cc1. The van der Waals surface area contributed by atoms with E-state index >= 15 is 0 Å². The summed E-state index contributed by atoms with van der Waals surface area (Å²) in [5.41, 5.74) is 3.93. The van der Waals surface area contributed by atoms with Gasteiger partial charge < -0.3 is 9.64 Å². The van der Waals surface area contributed by atoms with E-state index in [1.165, 1.54) is 4.31 Å². The van der Waals surface area contributed by atoms with Crippen molar-refractivity contribution in [2.75, 3.05) is 37.7 Å². The molecule has 0 amide bonds. The molecule has 2 heterocycles. The predicted molar refractivity (Wildman–Crippen MR) is 102 cm³/mol. The molecule has 0 saturated carbocycles. The van der Waals surface area contributed by atoms with Crippen molar-refractivity contribution in [1.82, 2.24) is 4.31 Å². The summed E-state index contributed by atoms with van der Waals surface area (Å²) in [6.07, 6.45) is 0.831. The van der Waals surface area contributed by atoms with Crippen LogP contribution in [0.25, 0.3) is 0 Å². The van der Waals surface area contributed by atoms with E-state index in [2.05, 4.69) is 11.0 Å². The third kappa shape index (κ3) is 3.56. The highest BCUT2D eigenvalue weighted by molar-refractivity contribution is 7.89. The number of rotatable bonds is 4. The average molecular weight is 383 g/mol. The number of ether oxygens (including phenoxy) is 1. The number of anilines is 1. The van der Waals surface area contributed by atoms with Gasteiger partial charge in [0.15, 0.2) is 0 Å². The van der Waals surface area contributed by atoms with Crippen LogP contribution in [-0.2, 0) is 27.7 Å². The number of benzene rings is 2. The summed E-state index contributed by atoms with van der Waals surface area (Å²) in [4.78, 5) is 2.62. The lowest BCUT2D eigenvalue weighted by molar-refractivity contribution is 0.0730. The zero-order valence-corrected chi connectivity index (χ0v) is 15.8. The molecule has 0 aliphatic carbocycles. The molecule has 2 aliphatic heterocycles. The fourth-order valence-electron chi connectivity index (χ4n) is 3.61. The van der Waals surface area contributed by atoms with Crippen LogP contribution in [0.4, 0.5) is 5.69 Å². The van der Waals surface area contributed by atoms with Crippen molar-refractivity contribution < 1.29 is 13.2 Å². The van der Waals surface area contributed by atoms with E-state index in [4.69, 9.17) is 10.00 Å². The Labute approximate surface area is 159 Å². The first kappa shape index (κ1) is 18.0. The minimum Gasteiger partial charge on any atom is -0.379 e. The Morgan fingerprint density at radius 3 is 2.48 bits per heavy atom. The van der Waals surface area contributed by atoms with Gasteiger partial charge in [-0.05, 0) is 47.9 Å². The maximum atomic E-state index is 12.9. The van der Waals surface area contributed by atoms with Gasteiger partial charge in [-0.2, -0.15) is 9.57 Å². The van der Waals surface area contributed by atoms with Gasteiger partial charge in [0.2, 0.25) is 10.0 Å². The van der Waals surface area contributed by atoms with Crippen LogP contribution in [-0.4, -0.2) is 45.6 Å². The highest BCUT2D eigenvalue weighted by Gasteiger charge is 2.28. The molecular weight excluding hydrogens is 362 g/mol. The van der Waals surface area contributed by atoms with Crippen molar-refractivity contribution in [2.45, 2.75) is 17.9 Å². The summed E-state index contributed by atoms with van der Waals surface area (Å²) in [7, 11) is -3.46. The van der Waals surface area contributed by atoms with Crippen LogP contribution in [0.2, 0.25) is 0 Å². The maximum absolute atomic E-state index is 12.9. The van der Waals surface area contributed by atoms with E-state index in [9.17, 15) is 8.42 Å². The Kier molecular flexibility index (Phi) is 4.87. The first-order valence-corrected chi connectivity index (χ1v) is 10.5. The molecule has 6 nitrogen and oxygen atoms in total. The molecule has 2 aromatic rings. The second kappa shape index (κ2) is 7.31. The van der Waals surface area contributed by atoms with Crippen molar-refractivity contribution in [2.24, 2.45) is 0 Å².